The number of nitrogen functional groups attached to an aromatic ring is 2. The predicted octanol–water partition coefficient (Wildman–Crippen LogP) is -0.561. The van der Waals surface area contributed by atoms with E-state index in [9.17, 15) is 0 Å². The highest BCUT2D eigenvalue weighted by atomic mass is 15.2. The van der Waals surface area contributed by atoms with Gasteiger partial charge in [0.2, 0.25) is 5.95 Å². The molecule has 0 aromatic carbocycles. The Labute approximate surface area is 88.7 Å². The van der Waals surface area contributed by atoms with Gasteiger partial charge in [-0.25, -0.2) is 0 Å². The van der Waals surface area contributed by atoms with E-state index >= 15 is 0 Å². The highest BCUT2D eigenvalue weighted by Crippen LogP contribution is 2.20. The van der Waals surface area contributed by atoms with Gasteiger partial charge in [-0.1, -0.05) is 0 Å². The number of anilines is 3. The second-order valence-electron chi connectivity index (χ2n) is 3.73. The molecule has 0 unspecified atom stereocenters. The van der Waals surface area contributed by atoms with Crippen molar-refractivity contribution >= 4 is 17.6 Å². The smallest absolute Gasteiger partial charge is 0.223 e. The molecule has 2 heterocycles. The van der Waals surface area contributed by atoms with Crippen LogP contribution in [0.4, 0.5) is 17.6 Å². The van der Waals surface area contributed by atoms with Crippen LogP contribution in [0.5, 0.6) is 0 Å². The van der Waals surface area contributed by atoms with Gasteiger partial charge in [0, 0.05) is 25.2 Å². The van der Waals surface area contributed by atoms with Gasteiger partial charge in [0.15, 0.2) is 0 Å². The van der Waals surface area contributed by atoms with Crippen molar-refractivity contribution in [3.8, 4) is 0 Å². The number of nitrogens with one attached hydrogen (secondary N) is 1. The zero-order valence-corrected chi connectivity index (χ0v) is 8.77. The molecule has 6 heteroatoms. The minimum atomic E-state index is 0.234. The van der Waals surface area contributed by atoms with Crippen molar-refractivity contribution < 1.29 is 0 Å². The fourth-order valence-electron chi connectivity index (χ4n) is 1.84. The van der Waals surface area contributed by atoms with Crippen molar-refractivity contribution in [2.45, 2.75) is 12.5 Å². The van der Waals surface area contributed by atoms with E-state index in [4.69, 9.17) is 11.5 Å². The Kier molecular flexibility index (Phi) is 2.59. The van der Waals surface area contributed by atoms with Crippen LogP contribution in [0, 0.1) is 0 Å². The molecule has 0 bridgehead atoms. The summed E-state index contributed by atoms with van der Waals surface area (Å²) in [6.45, 7) is 1.91. The molecule has 1 aromatic rings. The molecule has 2 rings (SSSR count). The molecule has 15 heavy (non-hydrogen) atoms. The number of aromatic nitrogens is 2. The van der Waals surface area contributed by atoms with Gasteiger partial charge in [-0.05, 0) is 13.5 Å². The molecule has 5 N–H and O–H groups in total. The minimum absolute atomic E-state index is 0.234. The van der Waals surface area contributed by atoms with Crippen molar-refractivity contribution in [2.24, 2.45) is 0 Å². The van der Waals surface area contributed by atoms with Crippen molar-refractivity contribution in [2.75, 3.05) is 36.5 Å². The summed E-state index contributed by atoms with van der Waals surface area (Å²) in [7, 11) is 1.97. The maximum Gasteiger partial charge on any atom is 0.223 e. The largest absolute Gasteiger partial charge is 0.383 e. The lowest BCUT2D eigenvalue weighted by Gasteiger charge is -2.17. The van der Waals surface area contributed by atoms with E-state index in [-0.39, 0.29) is 5.95 Å². The van der Waals surface area contributed by atoms with Gasteiger partial charge in [-0.3, -0.25) is 0 Å². The molecule has 6 nitrogen and oxygen atoms in total. The predicted molar refractivity (Wildman–Crippen MR) is 60.5 cm³/mol. The third-order valence-corrected chi connectivity index (χ3v) is 2.67. The summed E-state index contributed by atoms with van der Waals surface area (Å²) in [6.07, 6.45) is 1.11. The average Bonchev–Trinajstić information content (AvgIpc) is 2.64. The zero-order chi connectivity index (χ0) is 10.8. The summed E-state index contributed by atoms with van der Waals surface area (Å²) in [6, 6.07) is 2.27. The van der Waals surface area contributed by atoms with Gasteiger partial charge in [-0.15, -0.1) is 0 Å². The number of likely N-dealkylation sites (N-methyl/N-ethyl adjacent to an activating group) is 1. The molecule has 0 aliphatic carbocycles. The van der Waals surface area contributed by atoms with Gasteiger partial charge < -0.3 is 21.7 Å². The van der Waals surface area contributed by atoms with Crippen LogP contribution in [-0.2, 0) is 0 Å². The lowest BCUT2D eigenvalue weighted by Crippen LogP contribution is -2.30. The van der Waals surface area contributed by atoms with Crippen LogP contribution in [0.1, 0.15) is 6.42 Å². The second kappa shape index (κ2) is 3.90. The molecule has 1 aromatic heterocycles. The zero-order valence-electron chi connectivity index (χ0n) is 8.77. The quantitative estimate of drug-likeness (QED) is 0.603. The Morgan fingerprint density at radius 2 is 2.27 bits per heavy atom. The highest BCUT2D eigenvalue weighted by molar-refractivity contribution is 5.51. The van der Waals surface area contributed by atoms with E-state index in [1.807, 2.05) is 7.05 Å². The molecule has 0 spiro atoms. The van der Waals surface area contributed by atoms with Gasteiger partial charge in [0.1, 0.15) is 11.6 Å². The molecule has 1 fully saturated rings. The minimum Gasteiger partial charge on any atom is -0.383 e. The summed E-state index contributed by atoms with van der Waals surface area (Å²) in [4.78, 5) is 10.2. The van der Waals surface area contributed by atoms with Gasteiger partial charge in [0.05, 0.1) is 0 Å². The first kappa shape index (κ1) is 9.97. The molecule has 1 aliphatic heterocycles. The lowest BCUT2D eigenvalue weighted by molar-refractivity contribution is 0.616. The first-order valence-electron chi connectivity index (χ1n) is 5.01. The summed E-state index contributed by atoms with van der Waals surface area (Å²) in [5, 5.41) is 3.25. The van der Waals surface area contributed by atoms with Crippen LogP contribution in [0.2, 0.25) is 0 Å². The van der Waals surface area contributed by atoms with Crippen LogP contribution >= 0.6 is 0 Å². The maximum absolute atomic E-state index is 5.62. The lowest BCUT2D eigenvalue weighted by atomic mass is 10.3. The number of rotatable bonds is 2. The van der Waals surface area contributed by atoms with Crippen LogP contribution in [0.25, 0.3) is 0 Å². The fraction of sp³-hybridized carbons (Fsp3) is 0.556. The van der Waals surface area contributed by atoms with Crippen molar-refractivity contribution in [1.82, 2.24) is 15.3 Å². The SMILES string of the molecule is CN[C@@H]1CCN(c2cc(N)nc(N)n2)C1. The molecule has 0 radical (unpaired) electrons. The Hall–Kier alpha value is -1.56. The summed E-state index contributed by atoms with van der Waals surface area (Å²) in [5.74, 6) is 1.47. The van der Waals surface area contributed by atoms with E-state index in [0.29, 0.717) is 11.9 Å². The number of hydrogen-bond donors (Lipinski definition) is 3. The van der Waals surface area contributed by atoms with Gasteiger partial charge in [0.25, 0.3) is 0 Å². The number of hydrogen-bond acceptors (Lipinski definition) is 6. The third kappa shape index (κ3) is 2.10. The first-order chi connectivity index (χ1) is 7.19. The molecule has 1 saturated heterocycles. The van der Waals surface area contributed by atoms with E-state index in [0.717, 1.165) is 25.3 Å². The molecule has 1 atom stereocenters. The maximum atomic E-state index is 5.62. The van der Waals surface area contributed by atoms with Crippen molar-refractivity contribution in [3.63, 3.8) is 0 Å². The van der Waals surface area contributed by atoms with Crippen LogP contribution in [-0.4, -0.2) is 36.1 Å². The molecular weight excluding hydrogens is 192 g/mol. The molecule has 1 aliphatic rings. The molecular formula is C9H16N6. The van der Waals surface area contributed by atoms with E-state index < -0.39 is 0 Å². The Bertz CT molecular complexity index is 332. The Balaban J connectivity index is 2.16. The first-order valence-corrected chi connectivity index (χ1v) is 5.01. The van der Waals surface area contributed by atoms with Crippen LogP contribution < -0.4 is 21.7 Å². The second-order valence-corrected chi connectivity index (χ2v) is 3.73. The summed E-state index contributed by atoms with van der Waals surface area (Å²) in [5.41, 5.74) is 11.2. The van der Waals surface area contributed by atoms with E-state index in [1.54, 1.807) is 6.07 Å². The third-order valence-electron chi connectivity index (χ3n) is 2.67. The normalized spacial score (nSPS) is 20.9. The molecule has 0 saturated carbocycles. The standard InChI is InChI=1S/C9H16N6/c1-12-6-2-3-15(5-6)8-4-7(10)13-9(11)14-8/h4,6,12H,2-3,5H2,1H3,(H4,10,11,13,14)/t6-/m1/s1. The van der Waals surface area contributed by atoms with Crippen molar-refractivity contribution in [1.29, 1.82) is 0 Å². The van der Waals surface area contributed by atoms with Gasteiger partial charge >= 0.3 is 0 Å². The summed E-state index contributed by atoms with van der Waals surface area (Å²) < 4.78 is 0. The number of nitrogens with zero attached hydrogens (tertiary/aromatic N) is 3. The van der Waals surface area contributed by atoms with Crippen LogP contribution in [0.15, 0.2) is 6.07 Å². The molecule has 0 amide bonds. The highest BCUT2D eigenvalue weighted by Gasteiger charge is 2.22. The van der Waals surface area contributed by atoms with E-state index in [2.05, 4.69) is 20.2 Å². The average molecular weight is 208 g/mol. The monoisotopic (exact) mass is 208 g/mol. The van der Waals surface area contributed by atoms with Crippen LogP contribution in [0.3, 0.4) is 0 Å². The topological polar surface area (TPSA) is 93.1 Å². The van der Waals surface area contributed by atoms with Gasteiger partial charge in [-0.2, -0.15) is 9.97 Å². The fourth-order valence-corrected chi connectivity index (χ4v) is 1.84. The Morgan fingerprint density at radius 1 is 1.47 bits per heavy atom. The number of nitrogens with two attached hydrogens (primary N) is 2. The van der Waals surface area contributed by atoms with Crippen molar-refractivity contribution in [3.05, 3.63) is 6.07 Å². The Morgan fingerprint density at radius 3 is 2.87 bits per heavy atom. The molecule has 82 valence electrons. The summed E-state index contributed by atoms with van der Waals surface area (Å²) >= 11 is 0. The van der Waals surface area contributed by atoms with E-state index in [1.165, 1.54) is 0 Å².